The van der Waals surface area contributed by atoms with Crippen molar-refractivity contribution in [1.29, 1.82) is 0 Å². The predicted molar refractivity (Wildman–Crippen MR) is 113 cm³/mol. The summed E-state index contributed by atoms with van der Waals surface area (Å²) in [5, 5.41) is 6.43. The van der Waals surface area contributed by atoms with Crippen molar-refractivity contribution >= 4 is 22.9 Å². The number of anilines is 1. The molecule has 1 aliphatic carbocycles. The van der Waals surface area contributed by atoms with Crippen molar-refractivity contribution < 1.29 is 18.0 Å². The fourth-order valence-electron chi connectivity index (χ4n) is 4.19. The molecule has 166 valence electrons. The zero-order valence-electron chi connectivity index (χ0n) is 17.0. The molecule has 0 aliphatic heterocycles. The van der Waals surface area contributed by atoms with E-state index in [9.17, 15) is 18.0 Å². The molecule has 10 heteroatoms. The van der Waals surface area contributed by atoms with Gasteiger partial charge in [0.15, 0.2) is 5.69 Å². The average Bonchev–Trinajstić information content (AvgIpc) is 3.42. The van der Waals surface area contributed by atoms with E-state index in [1.807, 2.05) is 4.40 Å². The third kappa shape index (κ3) is 4.00. The summed E-state index contributed by atoms with van der Waals surface area (Å²) in [4.78, 5) is 20.3. The van der Waals surface area contributed by atoms with E-state index in [1.165, 1.54) is 4.40 Å². The molecule has 7 nitrogen and oxygen atoms in total. The number of nitrogens with one attached hydrogen (secondary N) is 2. The number of nitrogens with zero attached hydrogens (tertiary/aromatic N) is 4. The van der Waals surface area contributed by atoms with Crippen molar-refractivity contribution in [2.75, 3.05) is 5.32 Å². The van der Waals surface area contributed by atoms with Crippen LogP contribution in [0.25, 0.3) is 11.2 Å². The summed E-state index contributed by atoms with van der Waals surface area (Å²) in [6.07, 6.45) is 4.87. The minimum absolute atomic E-state index is 0.0579. The summed E-state index contributed by atoms with van der Waals surface area (Å²) in [5.41, 5.74) is 0.782. The van der Waals surface area contributed by atoms with E-state index in [1.54, 1.807) is 49.1 Å². The molecule has 5 rings (SSSR count). The van der Waals surface area contributed by atoms with E-state index >= 15 is 0 Å². The van der Waals surface area contributed by atoms with E-state index < -0.39 is 11.9 Å². The van der Waals surface area contributed by atoms with Gasteiger partial charge in [0.25, 0.3) is 5.91 Å². The van der Waals surface area contributed by atoms with Crippen LogP contribution in [-0.2, 0) is 6.18 Å². The maximum absolute atomic E-state index is 13.0. The number of hydrogen-bond donors (Lipinski definition) is 2. The molecule has 4 aromatic heterocycles. The Bertz CT molecular complexity index is 1270. The highest BCUT2D eigenvalue weighted by molar-refractivity contribution is 5.95. The van der Waals surface area contributed by atoms with Gasteiger partial charge in [-0.05, 0) is 49.9 Å². The fraction of sp³-hybridized carbons (Fsp3) is 0.318. The molecule has 0 atom stereocenters. The van der Waals surface area contributed by atoms with Gasteiger partial charge in [-0.1, -0.05) is 6.07 Å². The number of imidazole rings is 2. The van der Waals surface area contributed by atoms with Crippen LogP contribution in [0.2, 0.25) is 0 Å². The Balaban J connectivity index is 1.20. The summed E-state index contributed by atoms with van der Waals surface area (Å²) < 4.78 is 42.3. The van der Waals surface area contributed by atoms with E-state index in [0.717, 1.165) is 37.4 Å². The molecule has 32 heavy (non-hydrogen) atoms. The Hall–Kier alpha value is -3.56. The van der Waals surface area contributed by atoms with Crippen molar-refractivity contribution in [3.63, 3.8) is 0 Å². The van der Waals surface area contributed by atoms with Crippen LogP contribution in [0.1, 0.15) is 41.7 Å². The van der Waals surface area contributed by atoms with E-state index in [0.29, 0.717) is 11.4 Å². The number of carbonyl (C=O) groups is 1. The van der Waals surface area contributed by atoms with Gasteiger partial charge in [0, 0.05) is 30.0 Å². The molecule has 0 unspecified atom stereocenters. The molecule has 0 bridgehead atoms. The van der Waals surface area contributed by atoms with Gasteiger partial charge in [-0.25, -0.2) is 9.97 Å². The first-order valence-electron chi connectivity index (χ1n) is 10.4. The molecule has 1 aliphatic rings. The summed E-state index contributed by atoms with van der Waals surface area (Å²) in [5.74, 6) is 0.458. The van der Waals surface area contributed by atoms with Crippen LogP contribution in [0.4, 0.5) is 19.0 Å². The van der Waals surface area contributed by atoms with E-state index in [2.05, 4.69) is 20.6 Å². The van der Waals surface area contributed by atoms with Gasteiger partial charge in [0.2, 0.25) is 0 Å². The van der Waals surface area contributed by atoms with Crippen molar-refractivity contribution in [3.05, 3.63) is 66.5 Å². The number of halogens is 3. The van der Waals surface area contributed by atoms with Crippen LogP contribution < -0.4 is 10.6 Å². The molecule has 1 amide bonds. The van der Waals surface area contributed by atoms with Crippen molar-refractivity contribution in [3.8, 4) is 0 Å². The minimum atomic E-state index is -4.48. The second kappa shape index (κ2) is 7.85. The number of hydrogen-bond acceptors (Lipinski definition) is 4. The van der Waals surface area contributed by atoms with Crippen LogP contribution in [-0.4, -0.2) is 36.8 Å². The van der Waals surface area contributed by atoms with Gasteiger partial charge in [0.05, 0.1) is 18.0 Å². The predicted octanol–water partition coefficient (Wildman–Crippen LogP) is 4.15. The Labute approximate surface area is 181 Å². The molecule has 1 saturated carbocycles. The largest absolute Gasteiger partial charge is 0.434 e. The molecular weight excluding hydrogens is 421 g/mol. The topological polar surface area (TPSA) is 75.7 Å². The van der Waals surface area contributed by atoms with Crippen molar-refractivity contribution in [2.24, 2.45) is 0 Å². The third-order valence-electron chi connectivity index (χ3n) is 5.87. The molecule has 4 heterocycles. The number of fused-ring (bicyclic) bond motifs is 2. The Morgan fingerprint density at radius 3 is 2.66 bits per heavy atom. The van der Waals surface area contributed by atoms with E-state index in [-0.39, 0.29) is 23.6 Å². The summed E-state index contributed by atoms with van der Waals surface area (Å²) >= 11 is 0. The van der Waals surface area contributed by atoms with Gasteiger partial charge in [0.1, 0.15) is 11.5 Å². The molecule has 0 spiro atoms. The maximum atomic E-state index is 13.0. The van der Waals surface area contributed by atoms with Gasteiger partial charge < -0.3 is 15.0 Å². The number of carbonyl (C=O) groups excluding carboxylic acids is 1. The zero-order chi connectivity index (χ0) is 22.3. The minimum Gasteiger partial charge on any atom is -0.368 e. The lowest BCUT2D eigenvalue weighted by atomic mass is 9.91. The first-order chi connectivity index (χ1) is 15.4. The number of alkyl halides is 3. The highest BCUT2D eigenvalue weighted by atomic mass is 19.4. The molecule has 2 N–H and O–H groups in total. The number of amides is 1. The molecular formula is C22H21F3N6O. The maximum Gasteiger partial charge on any atom is 0.434 e. The molecule has 0 aromatic carbocycles. The van der Waals surface area contributed by atoms with Crippen LogP contribution in [0.5, 0.6) is 0 Å². The lowest BCUT2D eigenvalue weighted by Crippen LogP contribution is -2.40. The second-order valence-corrected chi connectivity index (χ2v) is 8.07. The molecule has 4 aromatic rings. The van der Waals surface area contributed by atoms with Gasteiger partial charge in [-0.15, -0.1) is 0 Å². The lowest BCUT2D eigenvalue weighted by Gasteiger charge is -2.30. The Morgan fingerprint density at radius 2 is 1.88 bits per heavy atom. The van der Waals surface area contributed by atoms with Crippen LogP contribution in [0.3, 0.4) is 0 Å². The Morgan fingerprint density at radius 1 is 1.09 bits per heavy atom. The normalized spacial score (nSPS) is 19.3. The highest BCUT2D eigenvalue weighted by Crippen LogP contribution is 2.30. The smallest absolute Gasteiger partial charge is 0.368 e. The molecule has 0 saturated heterocycles. The first kappa shape index (κ1) is 20.3. The van der Waals surface area contributed by atoms with Gasteiger partial charge >= 0.3 is 6.18 Å². The standard InChI is InChI=1S/C22H21F3N6O/c23-22(24,25)18-12-31-19(2-1-3-20(31)29-18)27-15-4-6-16(7-5-15)28-21(32)14-8-9-30-13-26-11-17(30)10-14/h1-3,8-13,15-16,27H,4-7H2,(H,28,32)/t15-,16+. The van der Waals surface area contributed by atoms with Crippen LogP contribution in [0.15, 0.2) is 55.2 Å². The summed E-state index contributed by atoms with van der Waals surface area (Å²) in [6.45, 7) is 0. The second-order valence-electron chi connectivity index (χ2n) is 8.07. The van der Waals surface area contributed by atoms with Crippen molar-refractivity contribution in [2.45, 2.75) is 43.9 Å². The fourth-order valence-corrected chi connectivity index (χ4v) is 4.19. The van der Waals surface area contributed by atoms with Gasteiger partial charge in [-0.2, -0.15) is 13.2 Å². The number of pyridine rings is 2. The van der Waals surface area contributed by atoms with Crippen LogP contribution >= 0.6 is 0 Å². The molecule has 1 fully saturated rings. The monoisotopic (exact) mass is 442 g/mol. The van der Waals surface area contributed by atoms with E-state index in [4.69, 9.17) is 0 Å². The Kier molecular flexibility index (Phi) is 4.99. The van der Waals surface area contributed by atoms with Crippen LogP contribution in [0, 0.1) is 0 Å². The quantitative estimate of drug-likeness (QED) is 0.498. The third-order valence-corrected chi connectivity index (χ3v) is 5.87. The van der Waals surface area contributed by atoms with Crippen molar-refractivity contribution in [1.82, 2.24) is 24.1 Å². The van der Waals surface area contributed by atoms with Gasteiger partial charge in [-0.3, -0.25) is 9.20 Å². The highest BCUT2D eigenvalue weighted by Gasteiger charge is 2.34. The zero-order valence-corrected chi connectivity index (χ0v) is 17.0. The average molecular weight is 442 g/mol. The number of rotatable bonds is 4. The summed E-state index contributed by atoms with van der Waals surface area (Å²) in [7, 11) is 0. The molecule has 0 radical (unpaired) electrons. The lowest BCUT2D eigenvalue weighted by molar-refractivity contribution is -0.140. The summed E-state index contributed by atoms with van der Waals surface area (Å²) in [6, 6.07) is 8.71. The first-order valence-corrected chi connectivity index (χ1v) is 10.4. The SMILES string of the molecule is O=C(N[C@H]1CC[C@@H](Nc2cccc3nc(C(F)(F)F)cn23)CC1)c1ccn2cncc2c1. The number of aromatic nitrogens is 4.